The minimum absolute atomic E-state index is 0.00354. The molecule has 0 aliphatic carbocycles. The van der Waals surface area contributed by atoms with E-state index in [0.717, 1.165) is 22.6 Å². The maximum absolute atomic E-state index is 13.2. The zero-order chi connectivity index (χ0) is 21.6. The van der Waals surface area contributed by atoms with Crippen LogP contribution in [0.2, 0.25) is 0 Å². The first-order chi connectivity index (χ1) is 15.1. The quantitative estimate of drug-likeness (QED) is 0.572. The average molecular weight is 429 g/mol. The highest BCUT2D eigenvalue weighted by molar-refractivity contribution is 8.04. The molecule has 0 fully saturated rings. The Balaban J connectivity index is 1.46. The molecule has 0 spiro atoms. The van der Waals surface area contributed by atoms with Gasteiger partial charge in [0.15, 0.2) is 0 Å². The molecule has 5 heteroatoms. The van der Waals surface area contributed by atoms with Gasteiger partial charge in [-0.15, -0.1) is 0 Å². The number of thioether (sulfide) groups is 1. The van der Waals surface area contributed by atoms with Crippen molar-refractivity contribution in [2.24, 2.45) is 0 Å². The van der Waals surface area contributed by atoms with E-state index in [1.165, 1.54) is 22.9 Å². The van der Waals surface area contributed by atoms with Gasteiger partial charge in [-0.05, 0) is 42.7 Å². The number of nitrogens with zero attached hydrogens (tertiary/aromatic N) is 1. The van der Waals surface area contributed by atoms with Gasteiger partial charge in [0.2, 0.25) is 5.91 Å². The first kappa shape index (κ1) is 20.9. The normalized spacial score (nSPS) is 14.4. The first-order valence-corrected chi connectivity index (χ1v) is 11.1. The molecular formula is C26H24N2O2S. The lowest BCUT2D eigenvalue weighted by Crippen LogP contribution is -2.43. The van der Waals surface area contributed by atoms with Gasteiger partial charge in [-0.25, -0.2) is 0 Å². The van der Waals surface area contributed by atoms with Crippen LogP contribution in [0.1, 0.15) is 16.7 Å². The number of benzene rings is 3. The van der Waals surface area contributed by atoms with Crippen molar-refractivity contribution < 1.29 is 9.59 Å². The van der Waals surface area contributed by atoms with Crippen LogP contribution in [-0.2, 0) is 16.0 Å². The number of nitrogens with one attached hydrogen (secondary N) is 1. The standard InChI is InChI=1S/C26H24N2O2S/c1-19-11-13-20(14-12-19)15-16-27-25(29)18-28-22-9-5-6-10-23(22)31-24(26(28)30)17-21-7-3-2-4-8-21/h2-14,17H,15-16,18H2,1H3,(H,27,29)/b24-17-. The van der Waals surface area contributed by atoms with Crippen LogP contribution < -0.4 is 10.2 Å². The molecule has 1 N–H and O–H groups in total. The topological polar surface area (TPSA) is 49.4 Å². The third-order valence-corrected chi connectivity index (χ3v) is 6.16. The molecular weight excluding hydrogens is 404 g/mol. The van der Waals surface area contributed by atoms with E-state index in [-0.39, 0.29) is 18.4 Å². The maximum atomic E-state index is 13.2. The van der Waals surface area contributed by atoms with Gasteiger partial charge in [0.25, 0.3) is 5.91 Å². The van der Waals surface area contributed by atoms with Crippen molar-refractivity contribution >= 4 is 35.3 Å². The molecule has 4 rings (SSSR count). The van der Waals surface area contributed by atoms with Gasteiger partial charge in [0.05, 0.1) is 10.6 Å². The van der Waals surface area contributed by atoms with Crippen LogP contribution in [0.5, 0.6) is 0 Å². The molecule has 1 aliphatic rings. The van der Waals surface area contributed by atoms with Gasteiger partial charge in [-0.1, -0.05) is 84.1 Å². The largest absolute Gasteiger partial charge is 0.354 e. The molecule has 3 aromatic rings. The molecule has 0 unspecified atom stereocenters. The van der Waals surface area contributed by atoms with Crippen LogP contribution >= 0.6 is 11.8 Å². The molecule has 0 bridgehead atoms. The number of aryl methyl sites for hydroxylation is 1. The summed E-state index contributed by atoms with van der Waals surface area (Å²) in [6, 6.07) is 25.7. The zero-order valence-electron chi connectivity index (χ0n) is 17.4. The van der Waals surface area contributed by atoms with Crippen molar-refractivity contribution in [3.8, 4) is 0 Å². The average Bonchev–Trinajstić information content (AvgIpc) is 2.79. The minimum atomic E-state index is -0.166. The Morgan fingerprint density at radius 3 is 2.45 bits per heavy atom. The molecule has 0 saturated heterocycles. The van der Waals surface area contributed by atoms with Gasteiger partial charge >= 0.3 is 0 Å². The predicted molar refractivity (Wildman–Crippen MR) is 127 cm³/mol. The molecule has 156 valence electrons. The van der Waals surface area contributed by atoms with Gasteiger partial charge < -0.3 is 5.32 Å². The summed E-state index contributed by atoms with van der Waals surface area (Å²) in [7, 11) is 0. The van der Waals surface area contributed by atoms with Crippen LogP contribution in [-0.4, -0.2) is 24.9 Å². The second-order valence-electron chi connectivity index (χ2n) is 7.47. The van der Waals surface area contributed by atoms with Crippen LogP contribution in [0.3, 0.4) is 0 Å². The Bertz CT molecular complexity index is 1110. The molecule has 0 atom stereocenters. The number of carbonyl (C=O) groups excluding carboxylic acids is 2. The lowest BCUT2D eigenvalue weighted by molar-refractivity contribution is -0.122. The summed E-state index contributed by atoms with van der Waals surface area (Å²) in [5.74, 6) is -0.317. The molecule has 0 aromatic heterocycles. The van der Waals surface area contributed by atoms with Gasteiger partial charge in [0.1, 0.15) is 6.54 Å². The molecule has 0 saturated carbocycles. The second-order valence-corrected chi connectivity index (χ2v) is 8.55. The lowest BCUT2D eigenvalue weighted by Gasteiger charge is -2.29. The number of carbonyl (C=O) groups is 2. The highest BCUT2D eigenvalue weighted by Crippen LogP contribution is 2.41. The number of rotatable bonds is 6. The number of anilines is 1. The molecule has 0 radical (unpaired) electrons. The van der Waals surface area contributed by atoms with Gasteiger partial charge in [0, 0.05) is 11.4 Å². The minimum Gasteiger partial charge on any atom is -0.354 e. The molecule has 2 amide bonds. The first-order valence-electron chi connectivity index (χ1n) is 10.3. The summed E-state index contributed by atoms with van der Waals surface area (Å²) >= 11 is 1.45. The van der Waals surface area contributed by atoms with Crippen molar-refractivity contribution in [3.63, 3.8) is 0 Å². The summed E-state index contributed by atoms with van der Waals surface area (Å²) in [5.41, 5.74) is 4.12. The molecule has 4 nitrogen and oxygen atoms in total. The number of para-hydroxylation sites is 1. The van der Waals surface area contributed by atoms with Gasteiger partial charge in [-0.3, -0.25) is 14.5 Å². The fourth-order valence-corrected chi connectivity index (χ4v) is 4.48. The van der Waals surface area contributed by atoms with E-state index >= 15 is 0 Å². The second kappa shape index (κ2) is 9.67. The Morgan fingerprint density at radius 1 is 0.968 bits per heavy atom. The van der Waals surface area contributed by atoms with Crippen LogP contribution in [0.4, 0.5) is 5.69 Å². The lowest BCUT2D eigenvalue weighted by atomic mass is 10.1. The number of hydrogen-bond acceptors (Lipinski definition) is 3. The van der Waals surface area contributed by atoms with Crippen molar-refractivity contribution in [1.82, 2.24) is 5.32 Å². The van der Waals surface area contributed by atoms with Crippen molar-refractivity contribution in [3.05, 3.63) is 100 Å². The predicted octanol–water partition coefficient (Wildman–Crippen LogP) is 4.83. The maximum Gasteiger partial charge on any atom is 0.265 e. The number of amides is 2. The monoisotopic (exact) mass is 428 g/mol. The van der Waals surface area contributed by atoms with E-state index in [2.05, 4.69) is 36.5 Å². The van der Waals surface area contributed by atoms with Gasteiger partial charge in [-0.2, -0.15) is 0 Å². The fourth-order valence-electron chi connectivity index (χ4n) is 3.42. The zero-order valence-corrected chi connectivity index (χ0v) is 18.2. The SMILES string of the molecule is Cc1ccc(CCNC(=O)CN2C(=O)/C(=C/c3ccccc3)Sc3ccccc32)cc1. The van der Waals surface area contributed by atoms with Crippen molar-refractivity contribution in [2.75, 3.05) is 18.0 Å². The summed E-state index contributed by atoms with van der Waals surface area (Å²) in [6.07, 6.45) is 2.64. The molecule has 3 aromatic carbocycles. The highest BCUT2D eigenvalue weighted by Gasteiger charge is 2.30. The highest BCUT2D eigenvalue weighted by atomic mass is 32.2. The number of fused-ring (bicyclic) bond motifs is 1. The third-order valence-electron chi connectivity index (χ3n) is 5.09. The van der Waals surface area contributed by atoms with E-state index in [1.54, 1.807) is 4.90 Å². The van der Waals surface area contributed by atoms with Crippen molar-refractivity contribution in [2.45, 2.75) is 18.2 Å². The molecule has 31 heavy (non-hydrogen) atoms. The summed E-state index contributed by atoms with van der Waals surface area (Å²) in [4.78, 5) is 29.0. The smallest absolute Gasteiger partial charge is 0.265 e. The van der Waals surface area contributed by atoms with Crippen LogP contribution in [0.15, 0.2) is 88.7 Å². The molecule has 1 heterocycles. The Hall–Kier alpha value is -3.31. The van der Waals surface area contributed by atoms with E-state index < -0.39 is 0 Å². The van der Waals surface area contributed by atoms with E-state index in [9.17, 15) is 9.59 Å². The Kier molecular flexibility index (Phi) is 6.53. The summed E-state index contributed by atoms with van der Waals surface area (Å²) < 4.78 is 0. The Labute approximate surface area is 187 Å². The summed E-state index contributed by atoms with van der Waals surface area (Å²) in [5, 5.41) is 2.95. The Morgan fingerprint density at radius 2 is 1.68 bits per heavy atom. The third kappa shape index (κ3) is 5.25. The number of hydrogen-bond donors (Lipinski definition) is 1. The van der Waals surface area contributed by atoms with Crippen LogP contribution in [0.25, 0.3) is 6.08 Å². The van der Waals surface area contributed by atoms with Crippen LogP contribution in [0, 0.1) is 6.92 Å². The summed E-state index contributed by atoms with van der Waals surface area (Å²) in [6.45, 7) is 2.58. The van der Waals surface area contributed by atoms with Crippen molar-refractivity contribution in [1.29, 1.82) is 0 Å². The molecule has 1 aliphatic heterocycles. The van der Waals surface area contributed by atoms with E-state index in [1.807, 2.05) is 60.7 Å². The fraction of sp³-hybridized carbons (Fsp3) is 0.154. The van der Waals surface area contributed by atoms with E-state index in [4.69, 9.17) is 0 Å². The van der Waals surface area contributed by atoms with E-state index in [0.29, 0.717) is 11.4 Å².